The third-order valence-electron chi connectivity index (χ3n) is 4.49. The molecule has 0 aliphatic carbocycles. The summed E-state index contributed by atoms with van der Waals surface area (Å²) in [6.45, 7) is 0. The Kier molecular flexibility index (Phi) is 4.50. The summed E-state index contributed by atoms with van der Waals surface area (Å²) in [6.07, 6.45) is -6.65. The number of thiophene rings is 1. The molecule has 1 fully saturated rings. The number of alkyl halides is 3. The molecular weight excluding hydrogens is 397 g/mol. The average Bonchev–Trinajstić information content (AvgIpc) is 3.32. The number of anilines is 1. The first-order valence-corrected chi connectivity index (χ1v) is 9.20. The van der Waals surface area contributed by atoms with E-state index in [0.29, 0.717) is 15.8 Å². The van der Waals surface area contributed by atoms with Crippen molar-refractivity contribution < 1.29 is 27.6 Å². The lowest BCUT2D eigenvalue weighted by Gasteiger charge is -2.07. The molecule has 0 spiro atoms. The molecule has 0 radical (unpaired) electrons. The van der Waals surface area contributed by atoms with Crippen molar-refractivity contribution >= 4 is 33.0 Å². The minimum absolute atomic E-state index is 0.0214. The maximum atomic E-state index is 13.2. The summed E-state index contributed by atoms with van der Waals surface area (Å²) in [4.78, 5) is 15.9. The monoisotopic (exact) mass is 412 g/mol. The first kappa shape index (κ1) is 18.7. The van der Waals surface area contributed by atoms with Crippen LogP contribution in [-0.2, 0) is 11.2 Å². The lowest BCUT2D eigenvalue weighted by atomic mass is 10.1. The number of hydrogen-bond donors (Lipinski definition) is 3. The summed E-state index contributed by atoms with van der Waals surface area (Å²) in [5.74, 6) is -0.486. The van der Waals surface area contributed by atoms with E-state index in [0.717, 1.165) is 11.3 Å². The summed E-state index contributed by atoms with van der Waals surface area (Å²) in [7, 11) is 1.69. The SMILES string of the molecule is CNc1cccc2c(CC(F)(F)F)c(-c3noc([C@H]4C[C@H](O)C(=O)N4)n3)sc12. The first-order valence-electron chi connectivity index (χ1n) is 8.38. The van der Waals surface area contributed by atoms with Crippen LogP contribution in [0.4, 0.5) is 18.9 Å². The van der Waals surface area contributed by atoms with Crippen molar-refractivity contribution in [1.29, 1.82) is 0 Å². The van der Waals surface area contributed by atoms with Gasteiger partial charge in [-0.05, 0) is 17.0 Å². The molecule has 1 saturated heterocycles. The van der Waals surface area contributed by atoms with Crippen molar-refractivity contribution in [2.24, 2.45) is 0 Å². The summed E-state index contributed by atoms with van der Waals surface area (Å²) in [5, 5.41) is 19.3. The van der Waals surface area contributed by atoms with Gasteiger partial charge in [-0.15, -0.1) is 11.3 Å². The van der Waals surface area contributed by atoms with Crippen molar-refractivity contribution in [3.05, 3.63) is 29.7 Å². The lowest BCUT2D eigenvalue weighted by molar-refractivity contribution is -0.127. The van der Waals surface area contributed by atoms with E-state index in [1.54, 1.807) is 25.2 Å². The van der Waals surface area contributed by atoms with E-state index in [-0.39, 0.29) is 28.6 Å². The van der Waals surface area contributed by atoms with Gasteiger partial charge in [-0.3, -0.25) is 4.79 Å². The third kappa shape index (κ3) is 3.31. The van der Waals surface area contributed by atoms with E-state index in [1.807, 2.05) is 0 Å². The standard InChI is InChI=1S/C17H15F3N4O3S/c1-21-9-4-2-3-7-8(6-17(18,19)20)13(28-12(7)9)14-23-16(27-24-14)10-5-11(25)15(26)22-10/h2-4,10-11,21,25H,5-6H2,1H3,(H,22,26)/t10-,11+/m1/s1. The molecule has 11 heteroatoms. The zero-order valence-electron chi connectivity index (χ0n) is 14.5. The Hall–Kier alpha value is -2.66. The van der Waals surface area contributed by atoms with E-state index in [2.05, 4.69) is 20.8 Å². The highest BCUT2D eigenvalue weighted by Gasteiger charge is 2.36. The zero-order valence-corrected chi connectivity index (χ0v) is 15.3. The topological polar surface area (TPSA) is 100 Å². The van der Waals surface area contributed by atoms with Crippen molar-refractivity contribution in [3.63, 3.8) is 0 Å². The molecule has 1 aliphatic rings. The molecule has 2 atom stereocenters. The van der Waals surface area contributed by atoms with Crippen molar-refractivity contribution in [3.8, 4) is 10.7 Å². The Morgan fingerprint density at radius 2 is 2.21 bits per heavy atom. The summed E-state index contributed by atoms with van der Waals surface area (Å²) >= 11 is 1.14. The number of carbonyl (C=O) groups is 1. The summed E-state index contributed by atoms with van der Waals surface area (Å²) in [5.41, 5.74) is 0.777. The van der Waals surface area contributed by atoms with E-state index < -0.39 is 30.7 Å². The summed E-state index contributed by atoms with van der Waals surface area (Å²) in [6, 6.07) is 4.42. The number of fused-ring (bicyclic) bond motifs is 1. The molecule has 4 rings (SSSR count). The van der Waals surface area contributed by atoms with Gasteiger partial charge in [0.05, 0.1) is 21.7 Å². The molecular formula is C17H15F3N4O3S. The smallest absolute Gasteiger partial charge is 0.387 e. The Bertz CT molecular complexity index is 1050. The molecule has 1 aromatic carbocycles. The number of amides is 1. The van der Waals surface area contributed by atoms with Gasteiger partial charge in [-0.2, -0.15) is 18.2 Å². The van der Waals surface area contributed by atoms with Crippen LogP contribution in [0, 0.1) is 0 Å². The quantitative estimate of drug-likeness (QED) is 0.609. The second kappa shape index (κ2) is 6.74. The minimum atomic E-state index is -4.41. The number of hydrogen-bond acceptors (Lipinski definition) is 7. The van der Waals surface area contributed by atoms with E-state index >= 15 is 0 Å². The van der Waals surface area contributed by atoms with Crippen molar-refractivity contribution in [2.45, 2.75) is 31.2 Å². The molecule has 28 heavy (non-hydrogen) atoms. The number of aliphatic hydroxyl groups is 1. The second-order valence-corrected chi connectivity index (χ2v) is 7.42. The molecule has 7 nitrogen and oxygen atoms in total. The largest absolute Gasteiger partial charge is 0.393 e. The highest BCUT2D eigenvalue weighted by atomic mass is 32.1. The third-order valence-corrected chi connectivity index (χ3v) is 5.76. The fourth-order valence-corrected chi connectivity index (χ4v) is 4.48. The molecule has 0 saturated carbocycles. The molecule has 2 aromatic heterocycles. The van der Waals surface area contributed by atoms with Crippen molar-refractivity contribution in [2.75, 3.05) is 12.4 Å². The fraction of sp³-hybridized carbons (Fsp3) is 0.353. The van der Waals surface area contributed by atoms with Crippen molar-refractivity contribution in [1.82, 2.24) is 15.5 Å². The second-order valence-electron chi connectivity index (χ2n) is 6.40. The van der Waals surface area contributed by atoms with Crippen LogP contribution in [0.25, 0.3) is 20.8 Å². The molecule has 148 valence electrons. The Morgan fingerprint density at radius 1 is 1.43 bits per heavy atom. The molecule has 0 unspecified atom stereocenters. The minimum Gasteiger partial charge on any atom is -0.387 e. The molecule has 0 bridgehead atoms. The number of rotatable bonds is 4. The molecule has 3 aromatic rings. The summed E-state index contributed by atoms with van der Waals surface area (Å²) < 4.78 is 45.5. The highest BCUT2D eigenvalue weighted by molar-refractivity contribution is 7.23. The molecule has 1 amide bonds. The number of benzene rings is 1. The van der Waals surface area contributed by atoms with Gasteiger partial charge in [-0.1, -0.05) is 17.3 Å². The normalized spacial score (nSPS) is 20.0. The van der Waals surface area contributed by atoms with E-state index in [9.17, 15) is 23.1 Å². The number of aromatic nitrogens is 2. The maximum Gasteiger partial charge on any atom is 0.393 e. The molecule has 1 aliphatic heterocycles. The van der Waals surface area contributed by atoms with Crippen LogP contribution in [0.15, 0.2) is 22.7 Å². The van der Waals surface area contributed by atoms with Crippen LogP contribution in [0.2, 0.25) is 0 Å². The number of nitrogens with zero attached hydrogens (tertiary/aromatic N) is 2. The molecule has 3 N–H and O–H groups in total. The van der Waals surface area contributed by atoms with E-state index in [4.69, 9.17) is 4.52 Å². The van der Waals surface area contributed by atoms with Crippen LogP contribution in [0.1, 0.15) is 23.9 Å². The first-order chi connectivity index (χ1) is 13.3. The number of nitrogens with one attached hydrogen (secondary N) is 2. The highest BCUT2D eigenvalue weighted by Crippen LogP contribution is 2.43. The van der Waals surface area contributed by atoms with Gasteiger partial charge in [0, 0.05) is 13.5 Å². The van der Waals surface area contributed by atoms with Gasteiger partial charge < -0.3 is 20.3 Å². The molecule has 3 heterocycles. The van der Waals surface area contributed by atoms with Crippen LogP contribution in [0.5, 0.6) is 0 Å². The van der Waals surface area contributed by atoms with Crippen LogP contribution < -0.4 is 10.6 Å². The van der Waals surface area contributed by atoms with Gasteiger partial charge in [0.25, 0.3) is 0 Å². The van der Waals surface area contributed by atoms with Gasteiger partial charge in [0.2, 0.25) is 17.6 Å². The predicted molar refractivity (Wildman–Crippen MR) is 95.9 cm³/mol. The number of aliphatic hydroxyl groups excluding tert-OH is 1. The number of halogens is 3. The fourth-order valence-electron chi connectivity index (χ4n) is 3.21. The predicted octanol–water partition coefficient (Wildman–Crippen LogP) is 3.02. The van der Waals surface area contributed by atoms with Crippen LogP contribution >= 0.6 is 11.3 Å². The van der Waals surface area contributed by atoms with Gasteiger partial charge >= 0.3 is 6.18 Å². The lowest BCUT2D eigenvalue weighted by Crippen LogP contribution is -2.23. The Labute approximate surface area is 160 Å². The number of carbonyl (C=O) groups excluding carboxylic acids is 1. The van der Waals surface area contributed by atoms with E-state index in [1.165, 1.54) is 0 Å². The average molecular weight is 412 g/mol. The van der Waals surface area contributed by atoms with Gasteiger partial charge in [-0.25, -0.2) is 0 Å². The Balaban J connectivity index is 1.80. The maximum absolute atomic E-state index is 13.2. The van der Waals surface area contributed by atoms with Crippen LogP contribution in [0.3, 0.4) is 0 Å². The zero-order chi connectivity index (χ0) is 20.1. The van der Waals surface area contributed by atoms with Gasteiger partial charge in [0.15, 0.2) is 0 Å². The Morgan fingerprint density at radius 3 is 2.86 bits per heavy atom. The van der Waals surface area contributed by atoms with Gasteiger partial charge in [0.1, 0.15) is 12.1 Å². The van der Waals surface area contributed by atoms with Crippen LogP contribution in [-0.4, -0.2) is 40.5 Å².